The minimum atomic E-state index is 0. The van der Waals surface area contributed by atoms with Gasteiger partial charge in [-0.15, -0.1) is 12.4 Å². The third kappa shape index (κ3) is 7.26. The van der Waals surface area contributed by atoms with Crippen molar-refractivity contribution in [1.82, 2.24) is 10.2 Å². The van der Waals surface area contributed by atoms with Crippen molar-refractivity contribution in [3.8, 4) is 11.5 Å². The van der Waals surface area contributed by atoms with Gasteiger partial charge in [-0.05, 0) is 56.5 Å². The summed E-state index contributed by atoms with van der Waals surface area (Å²) in [6.45, 7) is 3.20. The van der Waals surface area contributed by atoms with Gasteiger partial charge in [0.1, 0.15) is 6.61 Å². The van der Waals surface area contributed by atoms with Crippen molar-refractivity contribution in [3.63, 3.8) is 0 Å². The number of piperidine rings is 1. The molecule has 0 atom stereocenters. The predicted octanol–water partition coefficient (Wildman–Crippen LogP) is 3.91. The van der Waals surface area contributed by atoms with Crippen LogP contribution in [0.2, 0.25) is 0 Å². The van der Waals surface area contributed by atoms with E-state index in [2.05, 4.69) is 5.32 Å². The molecule has 2 aromatic rings. The molecule has 0 radical (unpaired) electrons. The molecular formula is C23H31ClN2O3. The summed E-state index contributed by atoms with van der Waals surface area (Å²) >= 11 is 0. The smallest absolute Gasteiger partial charge is 0.260 e. The van der Waals surface area contributed by atoms with Gasteiger partial charge in [0.15, 0.2) is 18.1 Å². The van der Waals surface area contributed by atoms with Crippen molar-refractivity contribution in [1.29, 1.82) is 0 Å². The van der Waals surface area contributed by atoms with E-state index in [9.17, 15) is 4.79 Å². The molecule has 6 heteroatoms. The highest BCUT2D eigenvalue weighted by Crippen LogP contribution is 2.27. The number of likely N-dealkylation sites (tertiary alicyclic amines) is 1. The van der Waals surface area contributed by atoms with E-state index in [0.717, 1.165) is 38.0 Å². The van der Waals surface area contributed by atoms with E-state index < -0.39 is 0 Å². The zero-order valence-electron chi connectivity index (χ0n) is 17.0. The average molecular weight is 419 g/mol. The Balaban J connectivity index is 0.00000300. The van der Waals surface area contributed by atoms with Crippen LogP contribution in [0.4, 0.5) is 0 Å². The maximum Gasteiger partial charge on any atom is 0.260 e. The molecule has 1 saturated heterocycles. The number of hydrogen-bond acceptors (Lipinski definition) is 4. The van der Waals surface area contributed by atoms with Crippen LogP contribution >= 0.6 is 12.4 Å². The molecule has 1 amide bonds. The van der Waals surface area contributed by atoms with E-state index in [1.54, 1.807) is 0 Å². The van der Waals surface area contributed by atoms with E-state index in [1.165, 1.54) is 6.42 Å². The molecule has 29 heavy (non-hydrogen) atoms. The summed E-state index contributed by atoms with van der Waals surface area (Å²) in [7, 11) is 1.98. The summed E-state index contributed by atoms with van der Waals surface area (Å²) in [6.07, 6.45) is 3.33. The van der Waals surface area contributed by atoms with E-state index in [4.69, 9.17) is 9.47 Å². The van der Waals surface area contributed by atoms with Gasteiger partial charge < -0.3 is 19.7 Å². The summed E-state index contributed by atoms with van der Waals surface area (Å²) in [4.78, 5) is 14.5. The first-order valence-corrected chi connectivity index (χ1v) is 10.1. The fourth-order valence-corrected chi connectivity index (χ4v) is 3.47. The SMILES string of the molecule is CNCCC1CCN(C(=O)COc2ccccc2OCc2ccccc2)CC1.Cl. The summed E-state index contributed by atoms with van der Waals surface area (Å²) < 4.78 is 11.7. The third-order valence-corrected chi connectivity index (χ3v) is 5.21. The molecule has 0 unspecified atom stereocenters. The van der Waals surface area contributed by atoms with Gasteiger partial charge in [-0.3, -0.25) is 4.79 Å². The Morgan fingerprint density at radius 3 is 2.28 bits per heavy atom. The van der Waals surface area contributed by atoms with Crippen LogP contribution in [0.3, 0.4) is 0 Å². The van der Waals surface area contributed by atoms with Gasteiger partial charge in [-0.1, -0.05) is 42.5 Å². The number of hydrogen-bond donors (Lipinski definition) is 1. The largest absolute Gasteiger partial charge is 0.485 e. The maximum atomic E-state index is 12.5. The molecule has 0 saturated carbocycles. The molecule has 1 aliphatic rings. The summed E-state index contributed by atoms with van der Waals surface area (Å²) in [5.74, 6) is 2.02. The van der Waals surface area contributed by atoms with Crippen molar-refractivity contribution < 1.29 is 14.3 Å². The average Bonchev–Trinajstić information content (AvgIpc) is 2.76. The lowest BCUT2D eigenvalue weighted by Crippen LogP contribution is -2.41. The van der Waals surface area contributed by atoms with Gasteiger partial charge in [-0.25, -0.2) is 0 Å². The van der Waals surface area contributed by atoms with E-state index in [-0.39, 0.29) is 24.9 Å². The molecule has 0 aromatic heterocycles. The van der Waals surface area contributed by atoms with Gasteiger partial charge in [0.2, 0.25) is 0 Å². The standard InChI is InChI=1S/C23H30N2O3.ClH/c1-24-14-11-19-12-15-25(16-13-19)23(26)18-28-22-10-6-5-9-21(22)27-17-20-7-3-2-4-8-20;/h2-10,19,24H,11-18H2,1H3;1H. The number of benzene rings is 2. The lowest BCUT2D eigenvalue weighted by Gasteiger charge is -2.32. The Morgan fingerprint density at radius 2 is 1.62 bits per heavy atom. The predicted molar refractivity (Wildman–Crippen MR) is 118 cm³/mol. The number of carbonyl (C=O) groups excluding carboxylic acids is 1. The van der Waals surface area contributed by atoms with Crippen molar-refractivity contribution in [2.45, 2.75) is 25.9 Å². The lowest BCUT2D eigenvalue weighted by atomic mass is 9.93. The minimum Gasteiger partial charge on any atom is -0.485 e. The monoisotopic (exact) mass is 418 g/mol. The second-order valence-electron chi connectivity index (χ2n) is 7.23. The summed E-state index contributed by atoms with van der Waals surface area (Å²) in [5, 5.41) is 3.20. The first-order chi connectivity index (χ1) is 13.8. The molecule has 1 aliphatic heterocycles. The van der Waals surface area contributed by atoms with Crippen LogP contribution in [0.15, 0.2) is 54.6 Å². The highest BCUT2D eigenvalue weighted by Gasteiger charge is 2.23. The number of nitrogens with zero attached hydrogens (tertiary/aromatic N) is 1. The zero-order chi connectivity index (χ0) is 19.6. The maximum absolute atomic E-state index is 12.5. The highest BCUT2D eigenvalue weighted by molar-refractivity contribution is 5.85. The molecule has 2 aromatic carbocycles. The Hall–Kier alpha value is -2.24. The zero-order valence-corrected chi connectivity index (χ0v) is 17.8. The minimum absolute atomic E-state index is 0. The van der Waals surface area contributed by atoms with Crippen molar-refractivity contribution in [2.24, 2.45) is 5.92 Å². The topological polar surface area (TPSA) is 50.8 Å². The van der Waals surface area contributed by atoms with E-state index in [1.807, 2.05) is 66.5 Å². The van der Waals surface area contributed by atoms with Crippen LogP contribution in [0, 0.1) is 5.92 Å². The molecule has 1 fully saturated rings. The Kier molecular flexibility index (Phi) is 9.81. The van der Waals surface area contributed by atoms with Gasteiger partial charge >= 0.3 is 0 Å². The normalized spacial score (nSPS) is 14.2. The number of amides is 1. The number of carbonyl (C=O) groups is 1. The first-order valence-electron chi connectivity index (χ1n) is 10.1. The van der Waals surface area contributed by atoms with Crippen molar-refractivity contribution in [2.75, 3.05) is 33.3 Å². The van der Waals surface area contributed by atoms with Crippen LogP contribution < -0.4 is 14.8 Å². The molecule has 1 N–H and O–H groups in total. The Bertz CT molecular complexity index is 734. The van der Waals surface area contributed by atoms with Gasteiger partial charge in [0.05, 0.1) is 0 Å². The molecule has 3 rings (SSSR count). The van der Waals surface area contributed by atoms with Crippen LogP contribution in [0.5, 0.6) is 11.5 Å². The number of ether oxygens (including phenoxy) is 2. The van der Waals surface area contributed by atoms with Crippen LogP contribution in [0.25, 0.3) is 0 Å². The molecule has 0 spiro atoms. The number of nitrogens with one attached hydrogen (secondary N) is 1. The Labute approximate surface area is 179 Å². The van der Waals surface area contributed by atoms with Crippen molar-refractivity contribution in [3.05, 3.63) is 60.2 Å². The fourth-order valence-electron chi connectivity index (χ4n) is 3.47. The third-order valence-electron chi connectivity index (χ3n) is 5.21. The highest BCUT2D eigenvalue weighted by atomic mass is 35.5. The molecule has 0 aliphatic carbocycles. The molecule has 5 nitrogen and oxygen atoms in total. The van der Waals surface area contributed by atoms with E-state index in [0.29, 0.717) is 24.0 Å². The molecule has 158 valence electrons. The van der Waals surface area contributed by atoms with Crippen LogP contribution in [-0.2, 0) is 11.4 Å². The quantitative estimate of drug-likeness (QED) is 0.670. The molecule has 0 bridgehead atoms. The summed E-state index contributed by atoms with van der Waals surface area (Å²) in [6, 6.07) is 17.5. The second kappa shape index (κ2) is 12.3. The lowest BCUT2D eigenvalue weighted by molar-refractivity contribution is -0.134. The Morgan fingerprint density at radius 1 is 1.00 bits per heavy atom. The van der Waals surface area contributed by atoms with Crippen LogP contribution in [0.1, 0.15) is 24.8 Å². The van der Waals surface area contributed by atoms with Gasteiger partial charge in [0.25, 0.3) is 5.91 Å². The van der Waals surface area contributed by atoms with Crippen LogP contribution in [-0.4, -0.2) is 44.1 Å². The number of para-hydroxylation sites is 2. The van der Waals surface area contributed by atoms with E-state index >= 15 is 0 Å². The summed E-state index contributed by atoms with van der Waals surface area (Å²) in [5.41, 5.74) is 1.09. The molecular weight excluding hydrogens is 388 g/mol. The van der Waals surface area contributed by atoms with Gasteiger partial charge in [-0.2, -0.15) is 0 Å². The number of rotatable bonds is 9. The second-order valence-corrected chi connectivity index (χ2v) is 7.23. The number of halogens is 1. The molecule has 1 heterocycles. The van der Waals surface area contributed by atoms with Crippen molar-refractivity contribution >= 4 is 18.3 Å². The first kappa shape index (κ1) is 23.0. The fraction of sp³-hybridized carbons (Fsp3) is 0.435. The van der Waals surface area contributed by atoms with Gasteiger partial charge in [0, 0.05) is 13.1 Å².